The highest BCUT2D eigenvalue weighted by Crippen LogP contribution is 2.26. The van der Waals surface area contributed by atoms with Crippen LogP contribution in [0, 0.1) is 17.1 Å². The van der Waals surface area contributed by atoms with Gasteiger partial charge in [-0.1, -0.05) is 0 Å². The van der Waals surface area contributed by atoms with Gasteiger partial charge in [-0.05, 0) is 31.5 Å². The molecule has 4 heteroatoms. The minimum atomic E-state index is -0.776. The van der Waals surface area contributed by atoms with E-state index in [9.17, 15) is 9.50 Å². The van der Waals surface area contributed by atoms with Crippen molar-refractivity contribution in [2.24, 2.45) is 0 Å². The van der Waals surface area contributed by atoms with E-state index in [0.717, 1.165) is 0 Å². The summed E-state index contributed by atoms with van der Waals surface area (Å²) >= 11 is 0. The molecule has 0 saturated heterocycles. The molecule has 1 N–H and O–H groups in total. The van der Waals surface area contributed by atoms with E-state index < -0.39 is 11.9 Å². The van der Waals surface area contributed by atoms with E-state index in [0.29, 0.717) is 30.8 Å². The van der Waals surface area contributed by atoms with Gasteiger partial charge in [-0.15, -0.1) is 0 Å². The molecule has 1 aromatic rings. The lowest BCUT2D eigenvalue weighted by molar-refractivity contribution is 0.190. The molecule has 0 heterocycles. The Labute approximate surface area is 94.1 Å². The fourth-order valence-electron chi connectivity index (χ4n) is 1.31. The minimum absolute atomic E-state index is 0.388. The number of unbranched alkanes of at least 4 members (excludes halogenated alkanes) is 1. The Kier molecular flexibility index (Phi) is 4.74. The Bertz CT molecular complexity index is 385. The van der Waals surface area contributed by atoms with E-state index in [2.05, 4.69) is 0 Å². The molecular formula is C12H14FNO2. The molecule has 1 aromatic carbocycles. The summed E-state index contributed by atoms with van der Waals surface area (Å²) in [6, 6.07) is 6.04. The summed E-state index contributed by atoms with van der Waals surface area (Å²) in [5.41, 5.74) is 0.428. The van der Waals surface area contributed by atoms with E-state index in [1.54, 1.807) is 6.92 Å². The average molecular weight is 223 g/mol. The molecule has 0 radical (unpaired) electrons. The van der Waals surface area contributed by atoms with Crippen molar-refractivity contribution in [1.82, 2.24) is 0 Å². The highest BCUT2D eigenvalue weighted by Gasteiger charge is 2.10. The number of hydrogen-bond acceptors (Lipinski definition) is 3. The summed E-state index contributed by atoms with van der Waals surface area (Å²) in [5, 5.41) is 17.8. The molecule has 0 aliphatic rings. The van der Waals surface area contributed by atoms with Gasteiger partial charge in [0.1, 0.15) is 11.6 Å². The van der Waals surface area contributed by atoms with Gasteiger partial charge in [0, 0.05) is 12.0 Å². The van der Waals surface area contributed by atoms with Gasteiger partial charge >= 0.3 is 0 Å². The average Bonchev–Trinajstić information content (AvgIpc) is 2.26. The number of ether oxygens (including phenoxy) is 1. The van der Waals surface area contributed by atoms with Crippen LogP contribution in [0.3, 0.4) is 0 Å². The van der Waals surface area contributed by atoms with Gasteiger partial charge in [0.15, 0.2) is 0 Å². The first-order chi connectivity index (χ1) is 7.65. The van der Waals surface area contributed by atoms with E-state index >= 15 is 0 Å². The van der Waals surface area contributed by atoms with E-state index in [-0.39, 0.29) is 0 Å². The first-order valence-corrected chi connectivity index (χ1v) is 5.12. The number of benzene rings is 1. The number of halogens is 1. The van der Waals surface area contributed by atoms with Crippen molar-refractivity contribution < 1.29 is 14.2 Å². The molecular weight excluding hydrogens is 209 g/mol. The molecule has 1 atom stereocenters. The zero-order valence-electron chi connectivity index (χ0n) is 9.11. The van der Waals surface area contributed by atoms with Gasteiger partial charge in [0.2, 0.25) is 0 Å². The number of rotatable bonds is 5. The molecule has 3 nitrogen and oxygen atoms in total. The molecule has 0 fully saturated rings. The van der Waals surface area contributed by atoms with E-state index in [4.69, 9.17) is 10.00 Å². The van der Waals surface area contributed by atoms with Crippen molar-refractivity contribution >= 4 is 0 Å². The first kappa shape index (κ1) is 12.5. The quantitative estimate of drug-likeness (QED) is 0.780. The highest BCUT2D eigenvalue weighted by atomic mass is 19.1. The molecule has 1 rings (SSSR count). The fraction of sp³-hybridized carbons (Fsp3) is 0.417. The van der Waals surface area contributed by atoms with Crippen molar-refractivity contribution in [3.05, 3.63) is 29.6 Å². The molecule has 0 aliphatic heterocycles. The van der Waals surface area contributed by atoms with Crippen LogP contribution < -0.4 is 4.74 Å². The monoisotopic (exact) mass is 223 g/mol. The van der Waals surface area contributed by atoms with Crippen LogP contribution in [0.15, 0.2) is 18.2 Å². The molecule has 0 unspecified atom stereocenters. The molecule has 16 heavy (non-hydrogen) atoms. The maximum absolute atomic E-state index is 12.9. The van der Waals surface area contributed by atoms with Gasteiger partial charge in [-0.3, -0.25) is 0 Å². The van der Waals surface area contributed by atoms with Crippen LogP contribution in [0.1, 0.15) is 31.4 Å². The second kappa shape index (κ2) is 6.09. The lowest BCUT2D eigenvalue weighted by Gasteiger charge is -2.12. The van der Waals surface area contributed by atoms with Crippen molar-refractivity contribution in [2.45, 2.75) is 25.9 Å². The molecule has 0 amide bonds. The Balaban J connectivity index is 2.68. The molecule has 86 valence electrons. The van der Waals surface area contributed by atoms with Crippen LogP contribution in [0.5, 0.6) is 5.75 Å². The third kappa shape index (κ3) is 3.52. The second-order valence-electron chi connectivity index (χ2n) is 3.47. The lowest BCUT2D eigenvalue weighted by Crippen LogP contribution is -2.02. The fourth-order valence-corrected chi connectivity index (χ4v) is 1.31. The summed E-state index contributed by atoms with van der Waals surface area (Å²) in [6.45, 7) is 1.94. The Morgan fingerprint density at radius 1 is 1.56 bits per heavy atom. The predicted octanol–water partition coefficient (Wildman–Crippen LogP) is 2.56. The third-order valence-electron chi connectivity index (χ3n) is 2.11. The number of nitriles is 1. The van der Waals surface area contributed by atoms with Crippen LogP contribution in [0.4, 0.5) is 4.39 Å². The Morgan fingerprint density at radius 2 is 2.31 bits per heavy atom. The predicted molar refractivity (Wildman–Crippen MR) is 57.4 cm³/mol. The summed E-state index contributed by atoms with van der Waals surface area (Å²) in [7, 11) is 0. The van der Waals surface area contributed by atoms with Crippen molar-refractivity contribution in [3.8, 4) is 11.8 Å². The molecule has 0 saturated carbocycles. The third-order valence-corrected chi connectivity index (χ3v) is 2.11. The number of nitrogens with zero attached hydrogens (tertiary/aromatic N) is 1. The van der Waals surface area contributed by atoms with Crippen molar-refractivity contribution in [3.63, 3.8) is 0 Å². The van der Waals surface area contributed by atoms with Crippen molar-refractivity contribution in [1.29, 1.82) is 5.26 Å². The largest absolute Gasteiger partial charge is 0.493 e. The lowest BCUT2D eigenvalue weighted by atomic mass is 10.1. The summed E-state index contributed by atoms with van der Waals surface area (Å²) in [6.07, 6.45) is 0.264. The van der Waals surface area contributed by atoms with Crippen LogP contribution in [-0.4, -0.2) is 11.7 Å². The molecule has 0 aromatic heterocycles. The number of aliphatic hydroxyl groups is 1. The van der Waals surface area contributed by atoms with Crippen molar-refractivity contribution in [2.75, 3.05) is 6.61 Å². The zero-order valence-corrected chi connectivity index (χ0v) is 9.11. The molecule has 0 bridgehead atoms. The van der Waals surface area contributed by atoms with Crippen LogP contribution >= 0.6 is 0 Å². The van der Waals surface area contributed by atoms with Gasteiger partial charge in [0.05, 0.1) is 18.8 Å². The summed E-state index contributed by atoms with van der Waals surface area (Å²) in [4.78, 5) is 0. The van der Waals surface area contributed by atoms with Gasteiger partial charge in [0.25, 0.3) is 0 Å². The second-order valence-corrected chi connectivity index (χ2v) is 3.47. The summed E-state index contributed by atoms with van der Waals surface area (Å²) in [5.74, 6) is 0.0645. The summed E-state index contributed by atoms with van der Waals surface area (Å²) < 4.78 is 18.3. The Hall–Kier alpha value is -1.60. The van der Waals surface area contributed by atoms with Crippen LogP contribution in [0.2, 0.25) is 0 Å². The smallest absolute Gasteiger partial charge is 0.125 e. The number of aliphatic hydroxyl groups excluding tert-OH is 1. The molecule has 0 spiro atoms. The zero-order chi connectivity index (χ0) is 12.0. The van der Waals surface area contributed by atoms with Gasteiger partial charge in [-0.2, -0.15) is 5.26 Å². The van der Waals surface area contributed by atoms with E-state index in [1.807, 2.05) is 6.07 Å². The van der Waals surface area contributed by atoms with Crippen LogP contribution in [0.25, 0.3) is 0 Å². The standard InChI is InChI=1S/C12H14FNO2/c1-9(15)11-8-10(13)4-5-12(11)16-7-3-2-6-14/h4-5,8-9,15H,2-3,7H2,1H3/t9-/m1/s1. The highest BCUT2D eigenvalue weighted by molar-refractivity contribution is 5.35. The number of hydrogen-bond donors (Lipinski definition) is 1. The van der Waals surface area contributed by atoms with Gasteiger partial charge in [-0.25, -0.2) is 4.39 Å². The van der Waals surface area contributed by atoms with Crippen LogP contribution in [-0.2, 0) is 0 Å². The maximum Gasteiger partial charge on any atom is 0.125 e. The first-order valence-electron chi connectivity index (χ1n) is 5.12. The Morgan fingerprint density at radius 3 is 2.94 bits per heavy atom. The minimum Gasteiger partial charge on any atom is -0.493 e. The normalized spacial score (nSPS) is 11.9. The topological polar surface area (TPSA) is 53.2 Å². The van der Waals surface area contributed by atoms with Gasteiger partial charge < -0.3 is 9.84 Å². The SMILES string of the molecule is C[C@@H](O)c1cc(F)ccc1OCCCC#N. The molecule has 0 aliphatic carbocycles. The maximum atomic E-state index is 12.9. The van der Waals surface area contributed by atoms with E-state index in [1.165, 1.54) is 18.2 Å².